The van der Waals surface area contributed by atoms with E-state index in [1.54, 1.807) is 0 Å². The summed E-state index contributed by atoms with van der Waals surface area (Å²) in [4.78, 5) is 0. The Balaban J connectivity index is 3.62. The highest BCUT2D eigenvalue weighted by Crippen LogP contribution is 2.13. The first-order chi connectivity index (χ1) is 6.57. The van der Waals surface area contributed by atoms with Gasteiger partial charge in [0.05, 0.1) is 0 Å². The van der Waals surface area contributed by atoms with E-state index < -0.39 is 0 Å². The van der Waals surface area contributed by atoms with Crippen LogP contribution in [0.15, 0.2) is 0 Å². The predicted molar refractivity (Wildman–Crippen MR) is 69.1 cm³/mol. The topological polar surface area (TPSA) is 12.0 Å². The molecule has 0 aliphatic heterocycles. The number of thioether (sulfide) groups is 1. The lowest BCUT2D eigenvalue weighted by Crippen LogP contribution is -2.36. The lowest BCUT2D eigenvalue weighted by molar-refractivity contribution is 0.433. The molecule has 0 saturated carbocycles. The van der Waals surface area contributed by atoms with Crippen molar-refractivity contribution in [1.82, 2.24) is 5.32 Å². The quantitative estimate of drug-likeness (QED) is 0.669. The van der Waals surface area contributed by atoms with Crippen LogP contribution in [0.1, 0.15) is 41.0 Å². The third kappa shape index (κ3) is 7.69. The average molecular weight is 217 g/mol. The van der Waals surface area contributed by atoms with Gasteiger partial charge >= 0.3 is 0 Å². The fourth-order valence-corrected chi connectivity index (χ4v) is 2.61. The second-order valence-corrected chi connectivity index (χ2v) is 5.81. The van der Waals surface area contributed by atoms with E-state index in [-0.39, 0.29) is 0 Å². The van der Waals surface area contributed by atoms with Crippen LogP contribution >= 0.6 is 11.8 Å². The molecule has 0 aromatic heterocycles. The van der Waals surface area contributed by atoms with E-state index in [0.29, 0.717) is 6.04 Å². The van der Waals surface area contributed by atoms with Gasteiger partial charge in [-0.05, 0) is 30.6 Å². The molecule has 0 spiro atoms. The number of hydrogen-bond donors (Lipinski definition) is 1. The Morgan fingerprint density at radius 2 is 1.71 bits per heavy atom. The summed E-state index contributed by atoms with van der Waals surface area (Å²) in [5.74, 6) is 4.12. The van der Waals surface area contributed by atoms with Gasteiger partial charge in [0.15, 0.2) is 0 Å². The van der Waals surface area contributed by atoms with Crippen molar-refractivity contribution in [2.45, 2.75) is 47.1 Å². The molecule has 1 nitrogen and oxygen atoms in total. The molecule has 0 saturated heterocycles. The molecule has 0 amide bonds. The molecule has 0 fully saturated rings. The van der Waals surface area contributed by atoms with Gasteiger partial charge in [-0.2, -0.15) is 11.8 Å². The summed E-state index contributed by atoms with van der Waals surface area (Å²) in [6, 6.07) is 0.693. The van der Waals surface area contributed by atoms with Crippen molar-refractivity contribution in [3.8, 4) is 0 Å². The van der Waals surface area contributed by atoms with E-state index in [4.69, 9.17) is 0 Å². The third-order valence-corrected chi connectivity index (χ3v) is 3.71. The standard InChI is InChI=1S/C12H27NS/c1-6-7-13-12(11(4)5)9-14-8-10(2)3/h10-13H,6-9H2,1-5H3. The molecule has 0 aliphatic rings. The SMILES string of the molecule is CCCNC(CSCC(C)C)C(C)C. The number of rotatable bonds is 8. The van der Waals surface area contributed by atoms with E-state index in [2.05, 4.69) is 51.7 Å². The first-order valence-electron chi connectivity index (χ1n) is 5.89. The molecule has 2 heteroatoms. The van der Waals surface area contributed by atoms with Gasteiger partial charge in [-0.3, -0.25) is 0 Å². The van der Waals surface area contributed by atoms with Crippen molar-refractivity contribution in [3.05, 3.63) is 0 Å². The highest BCUT2D eigenvalue weighted by atomic mass is 32.2. The van der Waals surface area contributed by atoms with E-state index in [1.807, 2.05) is 0 Å². The van der Waals surface area contributed by atoms with Crippen LogP contribution in [0.5, 0.6) is 0 Å². The van der Waals surface area contributed by atoms with Gasteiger partial charge in [0.25, 0.3) is 0 Å². The van der Waals surface area contributed by atoms with Crippen molar-refractivity contribution >= 4 is 11.8 Å². The van der Waals surface area contributed by atoms with Crippen LogP contribution in [0.2, 0.25) is 0 Å². The Morgan fingerprint density at radius 3 is 2.14 bits per heavy atom. The summed E-state index contributed by atoms with van der Waals surface area (Å²) in [5, 5.41) is 3.62. The van der Waals surface area contributed by atoms with Crippen LogP contribution in [0.3, 0.4) is 0 Å². The summed E-state index contributed by atoms with van der Waals surface area (Å²) >= 11 is 2.09. The number of hydrogen-bond acceptors (Lipinski definition) is 2. The van der Waals surface area contributed by atoms with Crippen LogP contribution in [0, 0.1) is 11.8 Å². The minimum atomic E-state index is 0.693. The zero-order chi connectivity index (χ0) is 11.0. The Hall–Kier alpha value is 0.310. The summed E-state index contributed by atoms with van der Waals surface area (Å²) in [6.45, 7) is 12.6. The number of nitrogens with one attached hydrogen (secondary N) is 1. The van der Waals surface area contributed by atoms with E-state index >= 15 is 0 Å². The molecular formula is C12H27NS. The fourth-order valence-electron chi connectivity index (χ4n) is 1.25. The van der Waals surface area contributed by atoms with Crippen molar-refractivity contribution < 1.29 is 0 Å². The van der Waals surface area contributed by atoms with Crippen molar-refractivity contribution in [3.63, 3.8) is 0 Å². The van der Waals surface area contributed by atoms with E-state index in [9.17, 15) is 0 Å². The first-order valence-corrected chi connectivity index (χ1v) is 7.04. The largest absolute Gasteiger partial charge is 0.313 e. The third-order valence-electron chi connectivity index (χ3n) is 2.21. The van der Waals surface area contributed by atoms with E-state index in [0.717, 1.165) is 18.4 Å². The second kappa shape index (κ2) is 8.60. The normalized spacial score (nSPS) is 13.9. The summed E-state index contributed by atoms with van der Waals surface area (Å²) < 4.78 is 0. The summed E-state index contributed by atoms with van der Waals surface area (Å²) in [7, 11) is 0. The second-order valence-electron chi connectivity index (χ2n) is 4.74. The molecular weight excluding hydrogens is 190 g/mol. The molecule has 0 radical (unpaired) electrons. The Labute approximate surface area is 94.4 Å². The lowest BCUT2D eigenvalue weighted by Gasteiger charge is -2.22. The molecule has 1 N–H and O–H groups in total. The Morgan fingerprint density at radius 1 is 1.07 bits per heavy atom. The van der Waals surface area contributed by atoms with Crippen LogP contribution in [-0.2, 0) is 0 Å². The molecule has 0 rings (SSSR count). The predicted octanol–water partition coefficient (Wildman–Crippen LogP) is 3.40. The molecule has 0 bridgehead atoms. The maximum Gasteiger partial charge on any atom is 0.0181 e. The molecule has 0 aliphatic carbocycles. The van der Waals surface area contributed by atoms with Gasteiger partial charge in [0, 0.05) is 11.8 Å². The molecule has 1 unspecified atom stereocenters. The van der Waals surface area contributed by atoms with Crippen molar-refractivity contribution in [2.24, 2.45) is 11.8 Å². The molecule has 14 heavy (non-hydrogen) atoms. The first kappa shape index (κ1) is 14.3. The summed E-state index contributed by atoms with van der Waals surface area (Å²) in [5.41, 5.74) is 0. The van der Waals surface area contributed by atoms with Crippen LogP contribution in [0.25, 0.3) is 0 Å². The lowest BCUT2D eigenvalue weighted by atomic mass is 10.1. The highest BCUT2D eigenvalue weighted by molar-refractivity contribution is 7.99. The zero-order valence-corrected chi connectivity index (χ0v) is 11.3. The molecule has 0 heterocycles. The maximum atomic E-state index is 3.62. The summed E-state index contributed by atoms with van der Waals surface area (Å²) in [6.07, 6.45) is 1.23. The van der Waals surface area contributed by atoms with Gasteiger partial charge in [-0.1, -0.05) is 34.6 Å². The minimum absolute atomic E-state index is 0.693. The monoisotopic (exact) mass is 217 g/mol. The van der Waals surface area contributed by atoms with E-state index in [1.165, 1.54) is 17.9 Å². The molecule has 86 valence electrons. The Bertz CT molecular complexity index is 123. The highest BCUT2D eigenvalue weighted by Gasteiger charge is 2.11. The molecule has 1 atom stereocenters. The van der Waals surface area contributed by atoms with Gasteiger partial charge in [-0.25, -0.2) is 0 Å². The zero-order valence-electron chi connectivity index (χ0n) is 10.5. The maximum absolute atomic E-state index is 3.62. The van der Waals surface area contributed by atoms with Gasteiger partial charge in [0.1, 0.15) is 0 Å². The van der Waals surface area contributed by atoms with Gasteiger partial charge in [0.2, 0.25) is 0 Å². The van der Waals surface area contributed by atoms with Crippen molar-refractivity contribution in [1.29, 1.82) is 0 Å². The Kier molecular flexibility index (Phi) is 8.80. The molecule has 0 aromatic rings. The van der Waals surface area contributed by atoms with Crippen LogP contribution in [-0.4, -0.2) is 24.1 Å². The van der Waals surface area contributed by atoms with Crippen LogP contribution < -0.4 is 5.32 Å². The van der Waals surface area contributed by atoms with Gasteiger partial charge in [-0.15, -0.1) is 0 Å². The van der Waals surface area contributed by atoms with Crippen molar-refractivity contribution in [2.75, 3.05) is 18.1 Å². The fraction of sp³-hybridized carbons (Fsp3) is 1.00. The minimum Gasteiger partial charge on any atom is -0.313 e. The molecule has 0 aromatic carbocycles. The smallest absolute Gasteiger partial charge is 0.0181 e. The average Bonchev–Trinajstić information content (AvgIpc) is 2.09. The van der Waals surface area contributed by atoms with Gasteiger partial charge < -0.3 is 5.32 Å². The van der Waals surface area contributed by atoms with Crippen LogP contribution in [0.4, 0.5) is 0 Å².